The second kappa shape index (κ2) is 2.52. The van der Waals surface area contributed by atoms with Crippen molar-refractivity contribution in [2.75, 3.05) is 7.05 Å². The van der Waals surface area contributed by atoms with E-state index in [0.29, 0.717) is 0 Å². The quantitative estimate of drug-likeness (QED) is 0.631. The molecule has 2 rings (SSSR count). The molecule has 0 aromatic heterocycles. The zero-order valence-corrected chi connectivity index (χ0v) is 6.73. The number of carbonyl (C=O) groups excluding carboxylic acids is 1. The van der Waals surface area contributed by atoms with Gasteiger partial charge in [-0.05, 0) is 0 Å². The normalized spacial score (nSPS) is 21.6. The molecule has 3 heteroatoms. The molecule has 1 saturated heterocycles. The summed E-state index contributed by atoms with van der Waals surface area (Å²) in [4.78, 5) is 12.3. The molecule has 0 spiro atoms. The van der Waals surface area contributed by atoms with Crippen LogP contribution in [0.3, 0.4) is 0 Å². The Bertz CT molecular complexity index is 297. The fourth-order valence-electron chi connectivity index (χ4n) is 1.21. The van der Waals surface area contributed by atoms with E-state index in [4.69, 9.17) is 4.74 Å². The van der Waals surface area contributed by atoms with E-state index >= 15 is 0 Å². The lowest BCUT2D eigenvalue weighted by Gasteiger charge is -2.36. The van der Waals surface area contributed by atoms with E-state index in [1.54, 1.807) is 11.9 Å². The molecule has 12 heavy (non-hydrogen) atoms. The molecule has 1 atom stereocenters. The number of hydrogen-bond donors (Lipinski definition) is 0. The summed E-state index contributed by atoms with van der Waals surface area (Å²) in [5.74, 6) is 0. The summed E-state index contributed by atoms with van der Waals surface area (Å²) in [6.45, 7) is 0. The van der Waals surface area contributed by atoms with Gasteiger partial charge in [0, 0.05) is 12.6 Å². The average Bonchev–Trinajstić information content (AvgIpc) is 2.15. The number of carbonyl (C=O) groups is 1. The van der Waals surface area contributed by atoms with Gasteiger partial charge in [0.15, 0.2) is 0 Å². The molecule has 0 saturated carbocycles. The Hall–Kier alpha value is -1.51. The zero-order chi connectivity index (χ0) is 8.55. The van der Waals surface area contributed by atoms with Gasteiger partial charge < -0.3 is 4.74 Å². The van der Waals surface area contributed by atoms with Crippen LogP contribution in [0.25, 0.3) is 0 Å². The predicted molar refractivity (Wildman–Crippen MR) is 43.4 cm³/mol. The first-order valence-electron chi connectivity index (χ1n) is 3.77. The summed E-state index contributed by atoms with van der Waals surface area (Å²) < 4.78 is 4.92. The molecule has 0 radical (unpaired) electrons. The maximum Gasteiger partial charge on any atom is 0.414 e. The van der Waals surface area contributed by atoms with Crippen LogP contribution < -0.4 is 0 Å². The third-order valence-corrected chi connectivity index (χ3v) is 1.94. The minimum atomic E-state index is -0.260. The Morgan fingerprint density at radius 2 is 2.00 bits per heavy atom. The zero-order valence-electron chi connectivity index (χ0n) is 6.73. The van der Waals surface area contributed by atoms with Crippen molar-refractivity contribution < 1.29 is 9.53 Å². The maximum atomic E-state index is 10.7. The molecule has 0 aliphatic carbocycles. The highest BCUT2D eigenvalue weighted by atomic mass is 16.6. The van der Waals surface area contributed by atoms with Gasteiger partial charge in [0.25, 0.3) is 0 Å². The highest BCUT2D eigenvalue weighted by molar-refractivity contribution is 5.72. The molecular weight excluding hydrogens is 154 g/mol. The SMILES string of the molecule is CN1C(=O)OC1c1ccccc1. The predicted octanol–water partition coefficient (Wildman–Crippen LogP) is 1.77. The molecule has 3 nitrogen and oxygen atoms in total. The summed E-state index contributed by atoms with van der Waals surface area (Å²) >= 11 is 0. The monoisotopic (exact) mass is 163 g/mol. The summed E-state index contributed by atoms with van der Waals surface area (Å²) in [6, 6.07) is 9.66. The summed E-state index contributed by atoms with van der Waals surface area (Å²) in [6.07, 6.45) is -0.442. The molecule has 1 amide bonds. The number of amides is 1. The van der Waals surface area contributed by atoms with Crippen LogP contribution >= 0.6 is 0 Å². The van der Waals surface area contributed by atoms with Crippen molar-refractivity contribution in [3.8, 4) is 0 Å². The Balaban J connectivity index is 2.18. The lowest BCUT2D eigenvalue weighted by Crippen LogP contribution is -2.44. The summed E-state index contributed by atoms with van der Waals surface area (Å²) in [7, 11) is 1.73. The number of benzene rings is 1. The van der Waals surface area contributed by atoms with Gasteiger partial charge in [-0.1, -0.05) is 30.3 Å². The van der Waals surface area contributed by atoms with Crippen molar-refractivity contribution >= 4 is 6.09 Å². The van der Waals surface area contributed by atoms with E-state index in [0.717, 1.165) is 5.56 Å². The van der Waals surface area contributed by atoms with Crippen molar-refractivity contribution in [3.05, 3.63) is 35.9 Å². The van der Waals surface area contributed by atoms with Crippen molar-refractivity contribution in [2.24, 2.45) is 0 Å². The lowest BCUT2D eigenvalue weighted by molar-refractivity contribution is -0.0859. The summed E-state index contributed by atoms with van der Waals surface area (Å²) in [5.41, 5.74) is 1.01. The van der Waals surface area contributed by atoms with E-state index in [-0.39, 0.29) is 12.3 Å². The highest BCUT2D eigenvalue weighted by Gasteiger charge is 2.35. The Morgan fingerprint density at radius 1 is 1.33 bits per heavy atom. The number of nitrogens with zero attached hydrogens (tertiary/aromatic N) is 1. The molecule has 1 aliphatic heterocycles. The van der Waals surface area contributed by atoms with Crippen molar-refractivity contribution in [2.45, 2.75) is 6.23 Å². The van der Waals surface area contributed by atoms with E-state index in [1.807, 2.05) is 30.3 Å². The van der Waals surface area contributed by atoms with Gasteiger partial charge in [-0.25, -0.2) is 4.79 Å². The smallest absolute Gasteiger partial charge is 0.414 e. The first kappa shape index (κ1) is 7.16. The molecule has 1 unspecified atom stereocenters. The van der Waals surface area contributed by atoms with Gasteiger partial charge in [0.2, 0.25) is 6.23 Å². The molecule has 1 fully saturated rings. The van der Waals surface area contributed by atoms with Crippen molar-refractivity contribution in [3.63, 3.8) is 0 Å². The topological polar surface area (TPSA) is 29.5 Å². The standard InChI is InChI=1S/C9H9NO2/c1-10-8(12-9(10)11)7-5-3-2-4-6-7/h2-6,8H,1H3. The van der Waals surface area contributed by atoms with E-state index < -0.39 is 0 Å². The second-order valence-corrected chi connectivity index (χ2v) is 2.76. The number of cyclic esters (lactones) is 1. The molecule has 1 aromatic rings. The molecular formula is C9H9NO2. The van der Waals surface area contributed by atoms with E-state index in [2.05, 4.69) is 0 Å². The number of hydrogen-bond acceptors (Lipinski definition) is 2. The van der Waals surface area contributed by atoms with Crippen molar-refractivity contribution in [1.82, 2.24) is 4.90 Å². The Kier molecular flexibility index (Phi) is 1.50. The first-order valence-corrected chi connectivity index (χ1v) is 3.77. The van der Waals surface area contributed by atoms with Crippen LogP contribution in [0, 0.1) is 0 Å². The van der Waals surface area contributed by atoms with Crippen LogP contribution in [-0.4, -0.2) is 18.0 Å². The van der Waals surface area contributed by atoms with Gasteiger partial charge in [-0.3, -0.25) is 4.90 Å². The van der Waals surface area contributed by atoms with Crippen LogP contribution in [0.15, 0.2) is 30.3 Å². The molecule has 1 aromatic carbocycles. The van der Waals surface area contributed by atoms with E-state index in [9.17, 15) is 4.79 Å². The van der Waals surface area contributed by atoms with Gasteiger partial charge >= 0.3 is 6.09 Å². The largest absolute Gasteiger partial charge is 0.421 e. The van der Waals surface area contributed by atoms with Gasteiger partial charge in [-0.2, -0.15) is 0 Å². The minimum Gasteiger partial charge on any atom is -0.421 e. The number of ether oxygens (including phenoxy) is 1. The lowest BCUT2D eigenvalue weighted by atomic mass is 10.2. The fraction of sp³-hybridized carbons (Fsp3) is 0.222. The average molecular weight is 163 g/mol. The van der Waals surface area contributed by atoms with Crippen LogP contribution in [0.2, 0.25) is 0 Å². The third kappa shape index (κ3) is 0.942. The Labute approximate surface area is 70.6 Å². The molecule has 0 bridgehead atoms. The maximum absolute atomic E-state index is 10.7. The van der Waals surface area contributed by atoms with E-state index in [1.165, 1.54) is 0 Å². The van der Waals surface area contributed by atoms with Gasteiger partial charge in [-0.15, -0.1) is 0 Å². The van der Waals surface area contributed by atoms with Crippen molar-refractivity contribution in [1.29, 1.82) is 0 Å². The van der Waals surface area contributed by atoms with Gasteiger partial charge in [0.05, 0.1) is 0 Å². The number of rotatable bonds is 1. The van der Waals surface area contributed by atoms with Crippen LogP contribution in [-0.2, 0) is 4.74 Å². The fourth-order valence-corrected chi connectivity index (χ4v) is 1.21. The first-order chi connectivity index (χ1) is 5.79. The molecule has 62 valence electrons. The molecule has 1 heterocycles. The van der Waals surface area contributed by atoms with Crippen LogP contribution in [0.1, 0.15) is 11.8 Å². The van der Waals surface area contributed by atoms with Crippen LogP contribution in [0.4, 0.5) is 4.79 Å². The highest BCUT2D eigenvalue weighted by Crippen LogP contribution is 2.29. The summed E-state index contributed by atoms with van der Waals surface area (Å²) in [5, 5.41) is 0. The van der Waals surface area contributed by atoms with Crippen LogP contribution in [0.5, 0.6) is 0 Å². The second-order valence-electron chi connectivity index (χ2n) is 2.76. The molecule has 1 aliphatic rings. The molecule has 0 N–H and O–H groups in total. The Morgan fingerprint density at radius 3 is 2.50 bits per heavy atom. The van der Waals surface area contributed by atoms with Gasteiger partial charge in [0.1, 0.15) is 0 Å². The third-order valence-electron chi connectivity index (χ3n) is 1.94. The minimum absolute atomic E-state index is 0.182.